The minimum absolute atomic E-state index is 0.294. The van der Waals surface area contributed by atoms with Crippen molar-refractivity contribution in [2.75, 3.05) is 13.7 Å². The SMILES string of the molecule is COC(=O)C=CC(=O)OCCC(=O)OC(=O)C(c1ccccc1)c1ccccc1. The van der Waals surface area contributed by atoms with E-state index in [1.165, 1.54) is 7.11 Å². The highest BCUT2D eigenvalue weighted by molar-refractivity contribution is 5.92. The Hall–Kier alpha value is -3.74. The number of ether oxygens (including phenoxy) is 3. The normalized spacial score (nSPS) is 10.6. The molecule has 0 aliphatic carbocycles. The molecule has 150 valence electrons. The fraction of sp³-hybridized carbons (Fsp3) is 0.182. The first kappa shape index (κ1) is 21.6. The maximum Gasteiger partial charge on any atom is 0.331 e. The van der Waals surface area contributed by atoms with Gasteiger partial charge in [-0.3, -0.25) is 9.59 Å². The van der Waals surface area contributed by atoms with Gasteiger partial charge in [0.05, 0.1) is 13.5 Å². The number of carbonyl (C=O) groups excluding carboxylic acids is 4. The van der Waals surface area contributed by atoms with E-state index >= 15 is 0 Å². The lowest BCUT2D eigenvalue weighted by Gasteiger charge is -2.16. The third-order valence-corrected chi connectivity index (χ3v) is 3.82. The molecule has 0 heterocycles. The molecule has 7 heteroatoms. The minimum Gasteiger partial charge on any atom is -0.466 e. The van der Waals surface area contributed by atoms with Gasteiger partial charge in [-0.1, -0.05) is 60.7 Å². The molecule has 0 saturated heterocycles. The van der Waals surface area contributed by atoms with Crippen LogP contribution in [-0.2, 0) is 33.4 Å². The van der Waals surface area contributed by atoms with E-state index in [1.807, 2.05) is 12.1 Å². The van der Waals surface area contributed by atoms with E-state index in [0.717, 1.165) is 12.2 Å². The second kappa shape index (κ2) is 11.2. The second-order valence-corrected chi connectivity index (χ2v) is 5.82. The van der Waals surface area contributed by atoms with Crippen LogP contribution >= 0.6 is 0 Å². The molecule has 0 unspecified atom stereocenters. The quantitative estimate of drug-likeness (QED) is 0.293. The Kier molecular flexibility index (Phi) is 8.31. The van der Waals surface area contributed by atoms with Crippen LogP contribution < -0.4 is 0 Å². The van der Waals surface area contributed by atoms with Gasteiger partial charge in [-0.15, -0.1) is 0 Å². The molecule has 2 rings (SSSR count). The summed E-state index contributed by atoms with van der Waals surface area (Å²) in [6.07, 6.45) is 1.47. The Labute approximate surface area is 167 Å². The van der Waals surface area contributed by atoms with Crippen LogP contribution in [0.1, 0.15) is 23.5 Å². The van der Waals surface area contributed by atoms with Gasteiger partial charge in [0.1, 0.15) is 12.5 Å². The lowest BCUT2D eigenvalue weighted by atomic mass is 9.91. The van der Waals surface area contributed by atoms with Crippen molar-refractivity contribution in [1.82, 2.24) is 0 Å². The molecule has 29 heavy (non-hydrogen) atoms. The molecule has 0 aliphatic rings. The number of methoxy groups -OCH3 is 1. The summed E-state index contributed by atoms with van der Waals surface area (Å²) in [6.45, 7) is -0.294. The number of carbonyl (C=O) groups is 4. The fourth-order valence-corrected chi connectivity index (χ4v) is 2.46. The largest absolute Gasteiger partial charge is 0.466 e. The second-order valence-electron chi connectivity index (χ2n) is 5.82. The Morgan fingerprint density at radius 1 is 0.828 bits per heavy atom. The average molecular weight is 396 g/mol. The van der Waals surface area contributed by atoms with Crippen molar-refractivity contribution in [3.05, 3.63) is 83.9 Å². The number of rotatable bonds is 8. The Bertz CT molecular complexity index is 833. The first-order chi connectivity index (χ1) is 14.0. The van der Waals surface area contributed by atoms with E-state index in [2.05, 4.69) is 4.74 Å². The van der Waals surface area contributed by atoms with Crippen LogP contribution in [0, 0.1) is 0 Å². The summed E-state index contributed by atoms with van der Waals surface area (Å²) in [6, 6.07) is 17.9. The van der Waals surface area contributed by atoms with Crippen LogP contribution in [0.25, 0.3) is 0 Å². The maximum atomic E-state index is 12.6. The summed E-state index contributed by atoms with van der Waals surface area (Å²) in [5.41, 5.74) is 1.38. The van der Waals surface area contributed by atoms with Crippen molar-refractivity contribution in [2.45, 2.75) is 12.3 Å². The lowest BCUT2D eigenvalue weighted by Crippen LogP contribution is -2.22. The predicted molar refractivity (Wildman–Crippen MR) is 103 cm³/mol. The van der Waals surface area contributed by atoms with Crippen LogP contribution in [0.3, 0.4) is 0 Å². The third kappa shape index (κ3) is 7.06. The van der Waals surface area contributed by atoms with E-state index in [0.29, 0.717) is 11.1 Å². The summed E-state index contributed by atoms with van der Waals surface area (Å²) < 4.78 is 14.1. The Balaban J connectivity index is 1.94. The van der Waals surface area contributed by atoms with E-state index < -0.39 is 29.8 Å². The summed E-state index contributed by atoms with van der Waals surface area (Å²) in [7, 11) is 1.17. The van der Waals surface area contributed by atoms with Crippen LogP contribution in [0.2, 0.25) is 0 Å². The van der Waals surface area contributed by atoms with Crippen molar-refractivity contribution in [1.29, 1.82) is 0 Å². The van der Waals surface area contributed by atoms with Crippen molar-refractivity contribution in [3.63, 3.8) is 0 Å². The van der Waals surface area contributed by atoms with Crippen LogP contribution in [0.4, 0.5) is 0 Å². The highest BCUT2D eigenvalue weighted by atomic mass is 16.6. The van der Waals surface area contributed by atoms with Gasteiger partial charge in [-0.2, -0.15) is 0 Å². The lowest BCUT2D eigenvalue weighted by molar-refractivity contribution is -0.161. The van der Waals surface area contributed by atoms with Crippen molar-refractivity contribution in [2.24, 2.45) is 0 Å². The molecule has 0 fully saturated rings. The zero-order valence-electron chi connectivity index (χ0n) is 15.8. The molecular weight excluding hydrogens is 376 g/mol. The smallest absolute Gasteiger partial charge is 0.331 e. The molecule has 0 saturated carbocycles. The van der Waals surface area contributed by atoms with Gasteiger partial charge in [0, 0.05) is 12.2 Å². The zero-order valence-corrected chi connectivity index (χ0v) is 15.8. The van der Waals surface area contributed by atoms with E-state index in [1.54, 1.807) is 48.5 Å². The minimum atomic E-state index is -0.823. The Morgan fingerprint density at radius 3 is 1.86 bits per heavy atom. The van der Waals surface area contributed by atoms with Crippen LogP contribution in [0.5, 0.6) is 0 Å². The van der Waals surface area contributed by atoms with Crippen molar-refractivity contribution in [3.8, 4) is 0 Å². The van der Waals surface area contributed by atoms with Gasteiger partial charge in [0.15, 0.2) is 0 Å². The molecule has 0 spiro atoms. The first-order valence-electron chi connectivity index (χ1n) is 8.78. The topological polar surface area (TPSA) is 96.0 Å². The van der Waals surface area contributed by atoms with Crippen LogP contribution in [-0.4, -0.2) is 37.6 Å². The van der Waals surface area contributed by atoms with Gasteiger partial charge in [0.2, 0.25) is 0 Å². The van der Waals surface area contributed by atoms with Crippen LogP contribution in [0.15, 0.2) is 72.8 Å². The van der Waals surface area contributed by atoms with Crippen molar-refractivity contribution < 1.29 is 33.4 Å². The van der Waals surface area contributed by atoms with E-state index in [4.69, 9.17) is 9.47 Å². The number of benzene rings is 2. The summed E-state index contributed by atoms with van der Waals surface area (Å²) in [4.78, 5) is 46.9. The molecule has 0 atom stereocenters. The van der Waals surface area contributed by atoms with Crippen molar-refractivity contribution >= 4 is 23.9 Å². The van der Waals surface area contributed by atoms with E-state index in [9.17, 15) is 19.2 Å². The van der Waals surface area contributed by atoms with Gasteiger partial charge in [0.25, 0.3) is 0 Å². The monoisotopic (exact) mass is 396 g/mol. The summed E-state index contributed by atoms with van der Waals surface area (Å²) in [5, 5.41) is 0. The molecule has 2 aromatic carbocycles. The number of hydrogen-bond donors (Lipinski definition) is 0. The molecule has 0 N–H and O–H groups in total. The molecular formula is C22H20O7. The van der Waals surface area contributed by atoms with Gasteiger partial charge >= 0.3 is 23.9 Å². The number of hydrogen-bond acceptors (Lipinski definition) is 7. The molecule has 0 aliphatic heterocycles. The number of esters is 4. The first-order valence-corrected chi connectivity index (χ1v) is 8.78. The zero-order chi connectivity index (χ0) is 21.1. The molecule has 0 amide bonds. The molecule has 0 radical (unpaired) electrons. The standard InChI is InChI=1S/C22H20O7/c1-27-18(23)12-13-19(24)28-15-14-20(25)29-22(26)21(16-8-4-2-5-9-16)17-10-6-3-7-11-17/h2-13,21H,14-15H2,1H3. The fourth-order valence-electron chi connectivity index (χ4n) is 2.46. The highest BCUT2D eigenvalue weighted by Crippen LogP contribution is 2.26. The summed E-state index contributed by atoms with van der Waals surface area (Å²) >= 11 is 0. The van der Waals surface area contributed by atoms with Gasteiger partial charge < -0.3 is 14.2 Å². The van der Waals surface area contributed by atoms with Gasteiger partial charge in [-0.25, -0.2) is 9.59 Å². The summed E-state index contributed by atoms with van der Waals surface area (Å²) in [5.74, 6) is -3.83. The maximum absolute atomic E-state index is 12.6. The molecule has 2 aromatic rings. The van der Waals surface area contributed by atoms with E-state index in [-0.39, 0.29) is 13.0 Å². The molecule has 0 bridgehead atoms. The Morgan fingerprint density at radius 2 is 1.34 bits per heavy atom. The molecule has 0 aromatic heterocycles. The average Bonchev–Trinajstić information content (AvgIpc) is 2.73. The highest BCUT2D eigenvalue weighted by Gasteiger charge is 2.26. The van der Waals surface area contributed by atoms with Gasteiger partial charge in [-0.05, 0) is 11.1 Å². The third-order valence-electron chi connectivity index (χ3n) is 3.82. The molecule has 7 nitrogen and oxygen atoms in total. The predicted octanol–water partition coefficient (Wildman–Crippen LogP) is 2.55.